The Morgan fingerprint density at radius 2 is 2.05 bits per heavy atom. The van der Waals surface area contributed by atoms with Gasteiger partial charge in [0.25, 0.3) is 5.91 Å². The Morgan fingerprint density at radius 3 is 2.53 bits per heavy atom. The Balaban J connectivity index is 2.75. The maximum absolute atomic E-state index is 12.1. The molecule has 0 aliphatic carbocycles. The highest BCUT2D eigenvalue weighted by Gasteiger charge is 2.26. The van der Waals surface area contributed by atoms with E-state index in [1.54, 1.807) is 18.2 Å². The molecule has 1 amide bonds. The summed E-state index contributed by atoms with van der Waals surface area (Å²) in [6.45, 7) is 4.53. The molecule has 0 saturated carbocycles. The summed E-state index contributed by atoms with van der Waals surface area (Å²) in [7, 11) is 0. The highest BCUT2D eigenvalue weighted by atomic mass is 79.9. The third kappa shape index (κ3) is 4.20. The normalized spacial score (nSPS) is 11.4. The lowest BCUT2D eigenvalue weighted by atomic mass is 9.83. The van der Waals surface area contributed by atoms with E-state index in [0.29, 0.717) is 17.1 Å². The molecule has 0 aliphatic rings. The SMILES string of the molecule is CCC(CC)(CO)CNC(=O)c1ccc(Br)cc1Cl. The molecule has 19 heavy (non-hydrogen) atoms. The number of amides is 1. The van der Waals surface area contributed by atoms with Crippen molar-refractivity contribution in [3.63, 3.8) is 0 Å². The van der Waals surface area contributed by atoms with Gasteiger partial charge in [0.2, 0.25) is 0 Å². The van der Waals surface area contributed by atoms with Crippen molar-refractivity contribution in [2.24, 2.45) is 5.41 Å². The Morgan fingerprint density at radius 1 is 1.42 bits per heavy atom. The average molecular weight is 349 g/mol. The van der Waals surface area contributed by atoms with E-state index in [1.165, 1.54) is 0 Å². The molecule has 0 radical (unpaired) electrons. The lowest BCUT2D eigenvalue weighted by Gasteiger charge is -2.29. The van der Waals surface area contributed by atoms with E-state index in [9.17, 15) is 9.90 Å². The molecule has 0 aliphatic heterocycles. The van der Waals surface area contributed by atoms with Crippen LogP contribution >= 0.6 is 27.5 Å². The van der Waals surface area contributed by atoms with Gasteiger partial charge in [0.1, 0.15) is 0 Å². The fourth-order valence-corrected chi connectivity index (χ4v) is 2.58. The van der Waals surface area contributed by atoms with Crippen molar-refractivity contribution < 1.29 is 9.90 Å². The molecular weight excluding hydrogens is 330 g/mol. The predicted octanol–water partition coefficient (Wildman–Crippen LogP) is 3.63. The van der Waals surface area contributed by atoms with Crippen molar-refractivity contribution in [2.75, 3.05) is 13.2 Å². The maximum Gasteiger partial charge on any atom is 0.252 e. The minimum atomic E-state index is -0.252. The standard InChI is InChI=1S/C14H19BrClNO2/c1-3-14(4-2,9-18)8-17-13(19)11-6-5-10(15)7-12(11)16/h5-7,18H,3-4,8-9H2,1-2H3,(H,17,19). The van der Waals surface area contributed by atoms with Gasteiger partial charge in [0.15, 0.2) is 0 Å². The van der Waals surface area contributed by atoms with Crippen LogP contribution in [0.15, 0.2) is 22.7 Å². The first-order valence-electron chi connectivity index (χ1n) is 6.32. The second kappa shape index (κ2) is 7.27. The Kier molecular flexibility index (Phi) is 6.30. The van der Waals surface area contributed by atoms with Crippen LogP contribution in [0.2, 0.25) is 5.02 Å². The van der Waals surface area contributed by atoms with E-state index in [0.717, 1.165) is 17.3 Å². The third-order valence-corrected chi connectivity index (χ3v) is 4.44. The minimum Gasteiger partial charge on any atom is -0.396 e. The van der Waals surface area contributed by atoms with Crippen LogP contribution in [-0.4, -0.2) is 24.2 Å². The molecule has 106 valence electrons. The number of aliphatic hydroxyl groups is 1. The van der Waals surface area contributed by atoms with Gasteiger partial charge in [-0.3, -0.25) is 4.79 Å². The minimum absolute atomic E-state index is 0.0638. The number of nitrogens with one attached hydrogen (secondary N) is 1. The molecule has 0 saturated heterocycles. The van der Waals surface area contributed by atoms with E-state index in [2.05, 4.69) is 21.2 Å². The number of hydrogen-bond acceptors (Lipinski definition) is 2. The van der Waals surface area contributed by atoms with Crippen molar-refractivity contribution in [1.82, 2.24) is 5.32 Å². The summed E-state index contributed by atoms with van der Waals surface area (Å²) in [6.07, 6.45) is 1.63. The molecule has 2 N–H and O–H groups in total. The average Bonchev–Trinajstić information content (AvgIpc) is 2.40. The molecule has 1 rings (SSSR count). The maximum atomic E-state index is 12.1. The van der Waals surface area contributed by atoms with Crippen molar-refractivity contribution in [3.8, 4) is 0 Å². The van der Waals surface area contributed by atoms with Gasteiger partial charge in [-0.25, -0.2) is 0 Å². The highest BCUT2D eigenvalue weighted by Crippen LogP contribution is 2.25. The number of rotatable bonds is 6. The van der Waals surface area contributed by atoms with Crippen LogP contribution in [0.3, 0.4) is 0 Å². The van der Waals surface area contributed by atoms with Crippen molar-refractivity contribution >= 4 is 33.4 Å². The van der Waals surface area contributed by atoms with Crippen molar-refractivity contribution in [1.29, 1.82) is 0 Å². The molecule has 0 unspecified atom stereocenters. The van der Waals surface area contributed by atoms with Crippen LogP contribution < -0.4 is 5.32 Å². The largest absolute Gasteiger partial charge is 0.396 e. The summed E-state index contributed by atoms with van der Waals surface area (Å²) in [5.74, 6) is -0.211. The monoisotopic (exact) mass is 347 g/mol. The topological polar surface area (TPSA) is 49.3 Å². The summed E-state index contributed by atoms with van der Waals surface area (Å²) in [6, 6.07) is 5.15. The van der Waals surface area contributed by atoms with Crippen LogP contribution in [0, 0.1) is 5.41 Å². The van der Waals surface area contributed by atoms with Crippen LogP contribution in [0.4, 0.5) is 0 Å². The van der Waals surface area contributed by atoms with E-state index >= 15 is 0 Å². The molecule has 0 bridgehead atoms. The molecule has 5 heteroatoms. The van der Waals surface area contributed by atoms with Gasteiger partial charge >= 0.3 is 0 Å². The number of hydrogen-bond donors (Lipinski definition) is 2. The van der Waals surface area contributed by atoms with E-state index in [4.69, 9.17) is 11.6 Å². The number of aliphatic hydroxyl groups excluding tert-OH is 1. The molecule has 0 atom stereocenters. The zero-order valence-corrected chi connectivity index (χ0v) is 13.5. The first-order valence-corrected chi connectivity index (χ1v) is 7.49. The third-order valence-electron chi connectivity index (χ3n) is 3.64. The molecule has 3 nitrogen and oxygen atoms in total. The molecule has 0 fully saturated rings. The van der Waals surface area contributed by atoms with E-state index in [-0.39, 0.29) is 17.9 Å². The molecule has 0 heterocycles. The smallest absolute Gasteiger partial charge is 0.252 e. The fourth-order valence-electron chi connectivity index (χ4n) is 1.82. The summed E-state index contributed by atoms with van der Waals surface area (Å²) < 4.78 is 0.834. The summed E-state index contributed by atoms with van der Waals surface area (Å²) >= 11 is 9.34. The molecule has 0 spiro atoms. The van der Waals surface area contributed by atoms with Crippen LogP contribution in [0.25, 0.3) is 0 Å². The second-order valence-corrected chi connectivity index (χ2v) is 5.99. The first kappa shape index (κ1) is 16.5. The summed E-state index contributed by atoms with van der Waals surface area (Å²) in [5.41, 5.74) is 0.196. The highest BCUT2D eigenvalue weighted by molar-refractivity contribution is 9.10. The Hall–Kier alpha value is -0.580. The molecule has 1 aromatic rings. The van der Waals surface area contributed by atoms with E-state index in [1.807, 2.05) is 13.8 Å². The number of carbonyl (C=O) groups is 1. The van der Waals surface area contributed by atoms with Gasteiger partial charge in [-0.15, -0.1) is 0 Å². The zero-order chi connectivity index (χ0) is 14.5. The molecule has 0 aromatic heterocycles. The lowest BCUT2D eigenvalue weighted by Crippen LogP contribution is -2.39. The Bertz CT molecular complexity index is 439. The second-order valence-electron chi connectivity index (χ2n) is 4.67. The van der Waals surface area contributed by atoms with Gasteiger partial charge in [0.05, 0.1) is 17.2 Å². The van der Waals surface area contributed by atoms with Crippen LogP contribution in [0.5, 0.6) is 0 Å². The fraction of sp³-hybridized carbons (Fsp3) is 0.500. The Labute approximate surface area is 127 Å². The van der Waals surface area contributed by atoms with Gasteiger partial charge in [0, 0.05) is 16.4 Å². The summed E-state index contributed by atoms with van der Waals surface area (Å²) in [4.78, 5) is 12.1. The van der Waals surface area contributed by atoms with Gasteiger partial charge in [-0.2, -0.15) is 0 Å². The van der Waals surface area contributed by atoms with Crippen molar-refractivity contribution in [2.45, 2.75) is 26.7 Å². The number of benzene rings is 1. The van der Waals surface area contributed by atoms with Gasteiger partial charge in [-0.1, -0.05) is 41.4 Å². The first-order chi connectivity index (χ1) is 8.98. The number of halogens is 2. The molecule has 1 aromatic carbocycles. The van der Waals surface area contributed by atoms with Crippen LogP contribution in [0.1, 0.15) is 37.0 Å². The quantitative estimate of drug-likeness (QED) is 0.824. The summed E-state index contributed by atoms with van der Waals surface area (Å²) in [5, 5.41) is 12.7. The van der Waals surface area contributed by atoms with E-state index < -0.39 is 0 Å². The lowest BCUT2D eigenvalue weighted by molar-refractivity contribution is 0.0851. The molecular formula is C14H19BrClNO2. The van der Waals surface area contributed by atoms with Crippen LogP contribution in [-0.2, 0) is 0 Å². The zero-order valence-electron chi connectivity index (χ0n) is 11.2. The van der Waals surface area contributed by atoms with Gasteiger partial charge in [-0.05, 0) is 31.0 Å². The van der Waals surface area contributed by atoms with Gasteiger partial charge < -0.3 is 10.4 Å². The number of carbonyl (C=O) groups excluding carboxylic acids is 1. The predicted molar refractivity (Wildman–Crippen MR) is 81.6 cm³/mol. The van der Waals surface area contributed by atoms with Crippen molar-refractivity contribution in [3.05, 3.63) is 33.3 Å².